The van der Waals surface area contributed by atoms with Gasteiger partial charge in [0, 0.05) is 43.8 Å². The summed E-state index contributed by atoms with van der Waals surface area (Å²) < 4.78 is 29.6. The van der Waals surface area contributed by atoms with Crippen LogP contribution in [0, 0.1) is 40.4 Å². The van der Waals surface area contributed by atoms with Gasteiger partial charge in [0.15, 0.2) is 6.29 Å². The van der Waals surface area contributed by atoms with Gasteiger partial charge in [-0.05, 0) is 86.5 Å². The maximum Gasteiger partial charge on any atom is 0.331 e. The lowest BCUT2D eigenvalue weighted by Crippen LogP contribution is -2.62. The molecule has 0 amide bonds. The molecule has 13 atom stereocenters. The predicted octanol–water partition coefficient (Wildman–Crippen LogP) is 4.71. The van der Waals surface area contributed by atoms with Crippen LogP contribution in [0.25, 0.3) is 0 Å². The summed E-state index contributed by atoms with van der Waals surface area (Å²) in [6, 6.07) is 0. The maximum atomic E-state index is 13.0. The molecule has 0 aromatic rings. The first-order valence-electron chi connectivity index (χ1n) is 17.1. The highest BCUT2D eigenvalue weighted by Gasteiger charge is 2.71. The van der Waals surface area contributed by atoms with Crippen LogP contribution in [0.1, 0.15) is 98.8 Å². The molecule has 0 aromatic carbocycles. The Morgan fingerprint density at radius 1 is 1.09 bits per heavy atom. The number of ether oxygens (including phenoxy) is 5. The van der Waals surface area contributed by atoms with E-state index in [1.165, 1.54) is 0 Å². The Bertz CT molecular complexity index is 1140. The first kappa shape index (κ1) is 32.4. The monoisotopic (exact) mass is 618 g/mol. The van der Waals surface area contributed by atoms with Crippen molar-refractivity contribution in [3.05, 3.63) is 11.6 Å². The zero-order valence-electron chi connectivity index (χ0n) is 27.5. The van der Waals surface area contributed by atoms with Crippen LogP contribution >= 0.6 is 0 Å². The van der Waals surface area contributed by atoms with E-state index in [0.29, 0.717) is 31.1 Å². The molecule has 0 aromatic heterocycles. The Labute approximate surface area is 262 Å². The minimum Gasteiger partial charge on any atom is -0.462 e. The molecule has 6 rings (SSSR count). The molecule has 9 nitrogen and oxygen atoms in total. The number of hydrogen-bond donors (Lipinski definition) is 2. The van der Waals surface area contributed by atoms with Gasteiger partial charge in [0.2, 0.25) is 0 Å². The molecule has 4 aliphatic carbocycles. The number of hydrogen-bond acceptors (Lipinski definition) is 9. The summed E-state index contributed by atoms with van der Waals surface area (Å²) in [5.74, 6) is 0.299. The minimum absolute atomic E-state index is 0.0828. The van der Waals surface area contributed by atoms with E-state index in [1.807, 2.05) is 20.8 Å². The van der Waals surface area contributed by atoms with Crippen molar-refractivity contribution in [3.8, 4) is 0 Å². The minimum atomic E-state index is -1.00. The molecular formula is C35H54O9. The summed E-state index contributed by atoms with van der Waals surface area (Å²) in [4.78, 5) is 25.1. The fourth-order valence-electron chi connectivity index (χ4n) is 10.7. The number of carbonyl (C=O) groups is 2. The lowest BCUT2D eigenvalue weighted by molar-refractivity contribution is -0.273. The fourth-order valence-corrected chi connectivity index (χ4v) is 10.7. The summed E-state index contributed by atoms with van der Waals surface area (Å²) in [5.41, 5.74) is -0.578. The standard InChI is InChI=1S/C35H54O9/c1-19(2)13-29(37)44-27-17-35(39)25-8-7-22-15-23(43-30-16-26(40-6)32(38)20(3)42-30)9-11-33(22,4)24(25)10-12-34(35,5)31(27)21-14-28(36)41-18-21/h14,19-20,22-27,30-32,38-39H,7-13,15-18H2,1-6H3/t20-,22-,23+,24+,25-,26-,27+,30+,31+,32+,33+,34-,35+/m1/s1. The molecule has 4 saturated carbocycles. The van der Waals surface area contributed by atoms with Gasteiger partial charge < -0.3 is 33.9 Å². The van der Waals surface area contributed by atoms with E-state index in [1.54, 1.807) is 13.2 Å². The fraction of sp³-hybridized carbons (Fsp3) is 0.886. The normalized spacial score (nSPS) is 48.7. The number of aliphatic hydroxyl groups is 2. The molecule has 0 bridgehead atoms. The van der Waals surface area contributed by atoms with Crippen LogP contribution in [-0.2, 0) is 33.3 Å². The van der Waals surface area contributed by atoms with E-state index in [4.69, 9.17) is 23.7 Å². The highest BCUT2D eigenvalue weighted by molar-refractivity contribution is 5.85. The second kappa shape index (κ2) is 11.9. The summed E-state index contributed by atoms with van der Waals surface area (Å²) in [6.07, 6.45) is 7.47. The van der Waals surface area contributed by atoms with Gasteiger partial charge in [-0.15, -0.1) is 0 Å². The van der Waals surface area contributed by atoms with Crippen molar-refractivity contribution in [2.45, 2.75) is 141 Å². The third-order valence-corrected chi connectivity index (χ3v) is 13.0. The highest BCUT2D eigenvalue weighted by atomic mass is 16.7. The van der Waals surface area contributed by atoms with Crippen LogP contribution in [0.2, 0.25) is 0 Å². The second-order valence-corrected chi connectivity index (χ2v) is 15.8. The Morgan fingerprint density at radius 2 is 1.86 bits per heavy atom. The lowest BCUT2D eigenvalue weighted by Gasteiger charge is -2.63. The van der Waals surface area contributed by atoms with Gasteiger partial charge in [-0.2, -0.15) is 0 Å². The molecule has 248 valence electrons. The Hall–Kier alpha value is -1.52. The molecule has 0 unspecified atom stereocenters. The van der Waals surface area contributed by atoms with Crippen LogP contribution in [0.4, 0.5) is 0 Å². The van der Waals surface area contributed by atoms with Gasteiger partial charge >= 0.3 is 11.9 Å². The predicted molar refractivity (Wildman–Crippen MR) is 161 cm³/mol. The van der Waals surface area contributed by atoms with Gasteiger partial charge in [-0.25, -0.2) is 4.79 Å². The summed E-state index contributed by atoms with van der Waals surface area (Å²) in [6.45, 7) is 10.7. The zero-order chi connectivity index (χ0) is 31.6. The second-order valence-electron chi connectivity index (χ2n) is 15.8. The average Bonchev–Trinajstić information content (AvgIpc) is 3.47. The van der Waals surface area contributed by atoms with Crippen molar-refractivity contribution < 1.29 is 43.5 Å². The molecule has 1 saturated heterocycles. The van der Waals surface area contributed by atoms with Crippen molar-refractivity contribution in [2.24, 2.45) is 40.4 Å². The van der Waals surface area contributed by atoms with E-state index in [0.717, 1.165) is 50.5 Å². The average molecular weight is 619 g/mol. The third-order valence-electron chi connectivity index (χ3n) is 13.0. The Kier molecular flexibility index (Phi) is 8.79. The number of rotatable bonds is 7. The van der Waals surface area contributed by atoms with Gasteiger partial charge in [-0.3, -0.25) is 4.79 Å². The first-order chi connectivity index (χ1) is 20.8. The van der Waals surface area contributed by atoms with Crippen LogP contribution in [-0.4, -0.2) is 78.3 Å². The molecule has 5 fully saturated rings. The van der Waals surface area contributed by atoms with Crippen molar-refractivity contribution >= 4 is 11.9 Å². The number of cyclic esters (lactones) is 1. The zero-order valence-corrected chi connectivity index (χ0v) is 27.5. The van der Waals surface area contributed by atoms with E-state index >= 15 is 0 Å². The Morgan fingerprint density at radius 3 is 2.55 bits per heavy atom. The van der Waals surface area contributed by atoms with Crippen molar-refractivity contribution in [1.82, 2.24) is 0 Å². The number of carbonyl (C=O) groups excluding carboxylic acids is 2. The molecule has 2 N–H and O–H groups in total. The molecule has 6 aliphatic rings. The van der Waals surface area contributed by atoms with Crippen molar-refractivity contribution in [1.29, 1.82) is 0 Å². The topological polar surface area (TPSA) is 121 Å². The van der Waals surface area contributed by atoms with E-state index < -0.39 is 23.2 Å². The summed E-state index contributed by atoms with van der Waals surface area (Å²) in [5, 5.41) is 23.2. The van der Waals surface area contributed by atoms with E-state index in [9.17, 15) is 19.8 Å². The molecule has 0 radical (unpaired) electrons. The number of fused-ring (bicyclic) bond motifs is 5. The molecule has 9 heteroatoms. The van der Waals surface area contributed by atoms with Crippen LogP contribution < -0.4 is 0 Å². The smallest absolute Gasteiger partial charge is 0.331 e. The largest absolute Gasteiger partial charge is 0.462 e. The van der Waals surface area contributed by atoms with Crippen molar-refractivity contribution in [2.75, 3.05) is 13.7 Å². The van der Waals surface area contributed by atoms with Gasteiger partial charge in [0.1, 0.15) is 18.8 Å². The van der Waals surface area contributed by atoms with Gasteiger partial charge in [0.25, 0.3) is 0 Å². The molecule has 0 spiro atoms. The quantitative estimate of drug-likeness (QED) is 0.309. The van der Waals surface area contributed by atoms with Crippen LogP contribution in [0.15, 0.2) is 11.6 Å². The molecular weight excluding hydrogens is 564 g/mol. The molecule has 2 aliphatic heterocycles. The number of methoxy groups -OCH3 is 1. The highest BCUT2D eigenvalue weighted by Crippen LogP contribution is 2.70. The SMILES string of the molecule is CO[C@@H]1C[C@H](O[C@H]2CC[C@@]3(C)[C@H](CC[C@@H]4[C@@H]3CC[C@]3(C)[C@@H](C5=CC(=O)OC5)[C@@H](OC(=O)CC(C)C)C[C@]43O)C2)O[C@H](C)[C@@H]1O. The maximum absolute atomic E-state index is 13.0. The van der Waals surface area contributed by atoms with Gasteiger partial charge in [0.05, 0.1) is 23.9 Å². The first-order valence-corrected chi connectivity index (χ1v) is 17.1. The van der Waals surface area contributed by atoms with Gasteiger partial charge in [-0.1, -0.05) is 27.7 Å². The summed E-state index contributed by atoms with van der Waals surface area (Å²) in [7, 11) is 1.62. The van der Waals surface area contributed by atoms with E-state index in [-0.39, 0.29) is 66.3 Å². The van der Waals surface area contributed by atoms with Crippen molar-refractivity contribution in [3.63, 3.8) is 0 Å². The third kappa shape index (κ3) is 5.36. The lowest BCUT2D eigenvalue weighted by atomic mass is 9.43. The molecule has 2 heterocycles. The van der Waals surface area contributed by atoms with E-state index in [2.05, 4.69) is 13.8 Å². The molecule has 44 heavy (non-hydrogen) atoms. The van der Waals surface area contributed by atoms with Crippen LogP contribution in [0.5, 0.6) is 0 Å². The summed E-state index contributed by atoms with van der Waals surface area (Å²) >= 11 is 0. The number of aliphatic hydroxyl groups excluding tert-OH is 1. The number of esters is 2. The Balaban J connectivity index is 1.20. The van der Waals surface area contributed by atoms with Crippen LogP contribution in [0.3, 0.4) is 0 Å².